The number of nitrogens with one attached hydrogen (secondary N) is 1. The average molecular weight is 499 g/mol. The number of nitriles is 2. The van der Waals surface area contributed by atoms with Crippen LogP contribution in [0.2, 0.25) is 0 Å². The van der Waals surface area contributed by atoms with Crippen molar-refractivity contribution in [1.29, 1.82) is 10.5 Å². The van der Waals surface area contributed by atoms with Gasteiger partial charge in [0.2, 0.25) is 0 Å². The van der Waals surface area contributed by atoms with E-state index in [-0.39, 0.29) is 0 Å². The van der Waals surface area contributed by atoms with Crippen LogP contribution in [0.4, 0.5) is 5.69 Å². The summed E-state index contributed by atoms with van der Waals surface area (Å²) in [5.41, 5.74) is 5.18. The van der Waals surface area contributed by atoms with E-state index in [9.17, 15) is 5.26 Å². The van der Waals surface area contributed by atoms with Crippen LogP contribution in [0.1, 0.15) is 28.1 Å². The predicted molar refractivity (Wildman–Crippen MR) is 142 cm³/mol. The quantitative estimate of drug-likeness (QED) is 0.358. The number of aryl methyl sites for hydroxylation is 2. The van der Waals surface area contributed by atoms with Crippen LogP contribution in [0.25, 0.3) is 10.9 Å². The topological polar surface area (TPSA) is 82.7 Å². The molecule has 1 fully saturated rings. The van der Waals surface area contributed by atoms with E-state index < -0.39 is 0 Å². The highest BCUT2D eigenvalue weighted by atomic mass is 32.2. The molecule has 1 aliphatic heterocycles. The monoisotopic (exact) mass is 498 g/mol. The third-order valence-corrected chi connectivity index (χ3v) is 8.61. The Morgan fingerprint density at radius 3 is 2.57 bits per heavy atom. The summed E-state index contributed by atoms with van der Waals surface area (Å²) in [6.45, 7) is 7.17. The predicted octanol–water partition coefficient (Wildman–Crippen LogP) is 5.58. The molecule has 8 heteroatoms. The van der Waals surface area contributed by atoms with Crippen molar-refractivity contribution in [1.82, 2.24) is 14.9 Å². The molecular formula is C27H26N6S2. The number of benzene rings is 2. The van der Waals surface area contributed by atoms with Crippen molar-refractivity contribution in [2.75, 3.05) is 37.6 Å². The highest BCUT2D eigenvalue weighted by Gasteiger charge is 2.17. The van der Waals surface area contributed by atoms with Crippen LogP contribution >= 0.6 is 23.1 Å². The standard InChI is InChI=1S/C27H26N6S2/c1-19-26(17-29)35-27(31-19)34-23-7-5-22(6-8-23)33-13-11-32(12-14-33)10-2-3-21-18-30-25-9-4-20(16-28)15-24(21)25/h4-9,15,18,30H,2-3,10-14H2,1H3. The van der Waals surface area contributed by atoms with Gasteiger partial charge in [-0.15, -0.1) is 0 Å². The molecule has 1 aliphatic rings. The second-order valence-electron chi connectivity index (χ2n) is 8.72. The maximum absolute atomic E-state index is 9.18. The Kier molecular flexibility index (Phi) is 7.06. The summed E-state index contributed by atoms with van der Waals surface area (Å²) in [6, 6.07) is 19.0. The van der Waals surface area contributed by atoms with Gasteiger partial charge < -0.3 is 9.88 Å². The number of anilines is 1. The van der Waals surface area contributed by atoms with Crippen molar-refractivity contribution in [2.45, 2.75) is 29.0 Å². The van der Waals surface area contributed by atoms with Gasteiger partial charge in [0.15, 0.2) is 4.34 Å². The van der Waals surface area contributed by atoms with Gasteiger partial charge in [-0.2, -0.15) is 10.5 Å². The number of H-pyrrole nitrogens is 1. The maximum Gasteiger partial charge on any atom is 0.156 e. The number of aromatic nitrogens is 2. The fourth-order valence-corrected chi connectivity index (χ4v) is 6.48. The van der Waals surface area contributed by atoms with Crippen molar-refractivity contribution in [3.05, 3.63) is 70.4 Å². The summed E-state index contributed by atoms with van der Waals surface area (Å²) in [4.78, 5) is 14.7. The number of aromatic amines is 1. The third-order valence-electron chi connectivity index (χ3n) is 6.47. The Labute approximate surface area is 213 Å². The SMILES string of the molecule is Cc1nc(Sc2ccc(N3CCN(CCCc4c[nH]c5ccc(C#N)cc45)CC3)cc2)sc1C#N. The minimum Gasteiger partial charge on any atom is -0.369 e. The van der Waals surface area contributed by atoms with Gasteiger partial charge in [0.05, 0.1) is 17.3 Å². The molecule has 0 aliphatic carbocycles. The van der Waals surface area contributed by atoms with Crippen molar-refractivity contribution in [3.8, 4) is 12.1 Å². The molecule has 0 unspecified atom stereocenters. The summed E-state index contributed by atoms with van der Waals surface area (Å²) in [7, 11) is 0. The second kappa shape index (κ2) is 10.5. The highest BCUT2D eigenvalue weighted by molar-refractivity contribution is 8.01. The molecule has 35 heavy (non-hydrogen) atoms. The van der Waals surface area contributed by atoms with E-state index in [0.29, 0.717) is 10.4 Å². The Balaban J connectivity index is 1.10. The lowest BCUT2D eigenvalue weighted by molar-refractivity contribution is 0.255. The molecule has 1 N–H and O–H groups in total. The summed E-state index contributed by atoms with van der Waals surface area (Å²) in [5, 5.41) is 19.5. The zero-order chi connectivity index (χ0) is 24.2. The molecular weight excluding hydrogens is 472 g/mol. The fourth-order valence-electron chi connectivity index (χ4n) is 4.52. The number of piperazine rings is 1. The van der Waals surface area contributed by atoms with Gasteiger partial charge in [0, 0.05) is 53.9 Å². The molecule has 3 heterocycles. The van der Waals surface area contributed by atoms with Crippen molar-refractivity contribution < 1.29 is 0 Å². The number of hydrogen-bond acceptors (Lipinski definition) is 7. The molecule has 6 nitrogen and oxygen atoms in total. The van der Waals surface area contributed by atoms with Crippen molar-refractivity contribution >= 4 is 39.7 Å². The van der Waals surface area contributed by atoms with Crippen LogP contribution in [0.15, 0.2) is 57.9 Å². The number of thiazole rings is 1. The van der Waals surface area contributed by atoms with Gasteiger partial charge in [0.1, 0.15) is 10.9 Å². The summed E-state index contributed by atoms with van der Waals surface area (Å²) >= 11 is 3.07. The van der Waals surface area contributed by atoms with E-state index in [4.69, 9.17) is 5.26 Å². The van der Waals surface area contributed by atoms with Crippen LogP contribution in [0.5, 0.6) is 0 Å². The first-order valence-corrected chi connectivity index (χ1v) is 13.4. The zero-order valence-corrected chi connectivity index (χ0v) is 21.3. The number of hydrogen-bond donors (Lipinski definition) is 1. The molecule has 0 atom stereocenters. The van der Waals surface area contributed by atoms with Gasteiger partial charge in [-0.3, -0.25) is 4.90 Å². The average Bonchev–Trinajstić information content (AvgIpc) is 3.46. The summed E-state index contributed by atoms with van der Waals surface area (Å²) < 4.78 is 0.915. The van der Waals surface area contributed by atoms with Gasteiger partial charge in [-0.25, -0.2) is 4.98 Å². The van der Waals surface area contributed by atoms with E-state index in [1.807, 2.05) is 25.1 Å². The van der Waals surface area contributed by atoms with Gasteiger partial charge in [-0.1, -0.05) is 23.1 Å². The Bertz CT molecular complexity index is 1400. The van der Waals surface area contributed by atoms with Crippen molar-refractivity contribution in [3.63, 3.8) is 0 Å². The fraction of sp³-hybridized carbons (Fsp3) is 0.296. The molecule has 2 aromatic carbocycles. The molecule has 0 spiro atoms. The van der Waals surface area contributed by atoms with Crippen LogP contribution < -0.4 is 4.90 Å². The number of fused-ring (bicyclic) bond motifs is 1. The van der Waals surface area contributed by atoms with E-state index >= 15 is 0 Å². The Hall–Kier alpha value is -3.30. The lowest BCUT2D eigenvalue weighted by Gasteiger charge is -2.36. The minimum absolute atomic E-state index is 0.691. The van der Waals surface area contributed by atoms with Crippen LogP contribution in [0.3, 0.4) is 0 Å². The van der Waals surface area contributed by atoms with Crippen molar-refractivity contribution in [2.24, 2.45) is 0 Å². The lowest BCUT2D eigenvalue weighted by atomic mass is 10.1. The number of nitrogens with zero attached hydrogens (tertiary/aromatic N) is 5. The molecule has 1 saturated heterocycles. The third kappa shape index (κ3) is 5.36. The zero-order valence-electron chi connectivity index (χ0n) is 19.6. The normalized spacial score (nSPS) is 14.2. The number of rotatable bonds is 7. The van der Waals surface area contributed by atoms with E-state index in [1.54, 1.807) is 11.8 Å². The molecule has 0 radical (unpaired) electrons. The lowest BCUT2D eigenvalue weighted by Crippen LogP contribution is -2.46. The minimum atomic E-state index is 0.691. The van der Waals surface area contributed by atoms with E-state index in [0.717, 1.165) is 66.0 Å². The van der Waals surface area contributed by atoms with Crippen LogP contribution in [-0.2, 0) is 6.42 Å². The first-order chi connectivity index (χ1) is 17.1. The first kappa shape index (κ1) is 23.4. The van der Waals surface area contributed by atoms with E-state index in [2.05, 4.69) is 62.4 Å². The molecule has 0 amide bonds. The van der Waals surface area contributed by atoms with Gasteiger partial charge >= 0.3 is 0 Å². The Morgan fingerprint density at radius 2 is 1.86 bits per heavy atom. The smallest absolute Gasteiger partial charge is 0.156 e. The molecule has 0 saturated carbocycles. The van der Waals surface area contributed by atoms with Crippen LogP contribution in [0, 0.1) is 29.6 Å². The largest absolute Gasteiger partial charge is 0.369 e. The summed E-state index contributed by atoms with van der Waals surface area (Å²) in [5.74, 6) is 0. The molecule has 4 aromatic rings. The maximum atomic E-state index is 9.18. The first-order valence-electron chi connectivity index (χ1n) is 11.8. The van der Waals surface area contributed by atoms with Crippen LogP contribution in [-0.4, -0.2) is 47.6 Å². The molecule has 2 aromatic heterocycles. The van der Waals surface area contributed by atoms with Gasteiger partial charge in [-0.05, 0) is 74.3 Å². The molecule has 5 rings (SSSR count). The summed E-state index contributed by atoms with van der Waals surface area (Å²) in [6.07, 6.45) is 4.21. The Morgan fingerprint density at radius 1 is 1.06 bits per heavy atom. The highest BCUT2D eigenvalue weighted by Crippen LogP contribution is 2.33. The second-order valence-corrected chi connectivity index (χ2v) is 11.0. The van der Waals surface area contributed by atoms with E-state index in [1.165, 1.54) is 28.0 Å². The molecule has 176 valence electrons. The molecule has 0 bridgehead atoms. The van der Waals surface area contributed by atoms with Gasteiger partial charge in [0.25, 0.3) is 0 Å².